The number of rotatable bonds is 5. The zero-order chi connectivity index (χ0) is 17.8. The Morgan fingerprint density at radius 2 is 1.96 bits per heavy atom. The summed E-state index contributed by atoms with van der Waals surface area (Å²) < 4.78 is 12.9. The van der Waals surface area contributed by atoms with Gasteiger partial charge in [0.2, 0.25) is 0 Å². The van der Waals surface area contributed by atoms with Crippen LogP contribution in [0.5, 0.6) is 5.75 Å². The molecule has 0 bridgehead atoms. The minimum atomic E-state index is 0.650. The number of ether oxygens (including phenoxy) is 2. The van der Waals surface area contributed by atoms with Crippen LogP contribution in [-0.2, 0) is 11.3 Å². The summed E-state index contributed by atoms with van der Waals surface area (Å²) in [4.78, 5) is 9.77. The number of benzene rings is 1. The molecule has 0 aliphatic carbocycles. The first kappa shape index (κ1) is 17.5. The number of likely N-dealkylation sites (tertiary alicyclic amines) is 1. The van der Waals surface area contributed by atoms with Crippen LogP contribution in [0.3, 0.4) is 0 Å². The van der Waals surface area contributed by atoms with Gasteiger partial charge in [-0.3, -0.25) is 9.80 Å². The van der Waals surface area contributed by atoms with Crippen molar-refractivity contribution in [2.24, 2.45) is 0 Å². The lowest BCUT2D eigenvalue weighted by Crippen LogP contribution is -2.51. The van der Waals surface area contributed by atoms with Crippen molar-refractivity contribution in [1.29, 1.82) is 0 Å². The summed E-state index contributed by atoms with van der Waals surface area (Å²) in [5.41, 5.74) is 1.13. The normalized spacial score (nSPS) is 22.4. The third kappa shape index (κ3) is 3.92. The summed E-state index contributed by atoms with van der Waals surface area (Å²) in [7, 11) is 1.69. The molecule has 0 unspecified atom stereocenters. The molecule has 3 heterocycles. The number of aromatic nitrogens is 2. The lowest BCUT2D eigenvalue weighted by Gasteiger charge is -2.40. The summed E-state index contributed by atoms with van der Waals surface area (Å²) in [6, 6.07) is 8.80. The van der Waals surface area contributed by atoms with Gasteiger partial charge in [0.25, 0.3) is 0 Å². The van der Waals surface area contributed by atoms with Crippen LogP contribution in [0.25, 0.3) is 5.69 Å². The highest BCUT2D eigenvalue weighted by molar-refractivity contribution is 5.38. The highest BCUT2D eigenvalue weighted by Crippen LogP contribution is 2.21. The number of hydrogen-bond donors (Lipinski definition) is 0. The fourth-order valence-corrected chi connectivity index (χ4v) is 4.04. The molecule has 0 saturated carbocycles. The monoisotopic (exact) mass is 356 g/mol. The van der Waals surface area contributed by atoms with E-state index in [4.69, 9.17) is 9.47 Å². The first-order valence-corrected chi connectivity index (χ1v) is 9.54. The molecule has 0 spiro atoms. The van der Waals surface area contributed by atoms with E-state index < -0.39 is 0 Å². The van der Waals surface area contributed by atoms with E-state index in [-0.39, 0.29) is 0 Å². The highest BCUT2D eigenvalue weighted by Gasteiger charge is 2.27. The zero-order valence-electron chi connectivity index (χ0n) is 15.5. The third-order valence-electron chi connectivity index (χ3n) is 5.48. The number of hydrogen-bond acceptors (Lipinski definition) is 5. The Labute approximate surface area is 155 Å². The molecular weight excluding hydrogens is 328 g/mol. The molecule has 0 radical (unpaired) electrons. The second-order valence-electron chi connectivity index (χ2n) is 7.09. The predicted molar refractivity (Wildman–Crippen MR) is 101 cm³/mol. The average Bonchev–Trinajstić information content (AvgIpc) is 3.17. The van der Waals surface area contributed by atoms with Gasteiger partial charge in [-0.2, -0.15) is 0 Å². The van der Waals surface area contributed by atoms with E-state index in [9.17, 15) is 0 Å². The minimum Gasteiger partial charge on any atom is -0.497 e. The summed E-state index contributed by atoms with van der Waals surface area (Å²) >= 11 is 0. The summed E-state index contributed by atoms with van der Waals surface area (Å²) in [6.07, 6.45) is 6.48. The van der Waals surface area contributed by atoms with Crippen LogP contribution in [0, 0.1) is 0 Å². The minimum absolute atomic E-state index is 0.650. The Kier molecular flexibility index (Phi) is 5.53. The average molecular weight is 356 g/mol. The first-order valence-electron chi connectivity index (χ1n) is 9.54. The zero-order valence-corrected chi connectivity index (χ0v) is 15.5. The molecule has 4 rings (SSSR count). The Hall–Kier alpha value is -1.89. The second kappa shape index (κ2) is 8.20. The molecule has 6 nitrogen and oxygen atoms in total. The summed E-state index contributed by atoms with van der Waals surface area (Å²) in [5.74, 6) is 1.97. The molecule has 2 fully saturated rings. The third-order valence-corrected chi connectivity index (χ3v) is 5.48. The molecule has 2 aliphatic heterocycles. The van der Waals surface area contributed by atoms with Gasteiger partial charge < -0.3 is 14.0 Å². The Bertz CT molecular complexity index is 694. The first-order chi connectivity index (χ1) is 12.8. The number of nitrogens with zero attached hydrogens (tertiary/aromatic N) is 4. The van der Waals surface area contributed by atoms with E-state index in [0.29, 0.717) is 6.04 Å². The number of piperidine rings is 1. The van der Waals surface area contributed by atoms with Crippen molar-refractivity contribution in [3.8, 4) is 11.4 Å². The van der Waals surface area contributed by atoms with Gasteiger partial charge in [-0.1, -0.05) is 0 Å². The van der Waals surface area contributed by atoms with E-state index in [2.05, 4.69) is 31.5 Å². The van der Waals surface area contributed by atoms with Crippen LogP contribution >= 0.6 is 0 Å². The molecule has 6 heteroatoms. The van der Waals surface area contributed by atoms with Crippen molar-refractivity contribution in [3.63, 3.8) is 0 Å². The molecule has 1 aromatic carbocycles. The van der Waals surface area contributed by atoms with Crippen molar-refractivity contribution in [2.45, 2.75) is 25.4 Å². The van der Waals surface area contributed by atoms with E-state index in [0.717, 1.165) is 63.2 Å². The Morgan fingerprint density at radius 1 is 1.15 bits per heavy atom. The number of methoxy groups -OCH3 is 1. The highest BCUT2D eigenvalue weighted by atomic mass is 16.5. The lowest BCUT2D eigenvalue weighted by molar-refractivity contribution is -0.00391. The SMILES string of the molecule is COc1ccc(-n2ccnc2CN2CCC[C@@H](N3CCOCC3)C2)cc1. The van der Waals surface area contributed by atoms with Crippen molar-refractivity contribution in [3.05, 3.63) is 42.5 Å². The van der Waals surface area contributed by atoms with Gasteiger partial charge in [0, 0.05) is 43.8 Å². The van der Waals surface area contributed by atoms with Gasteiger partial charge in [-0.25, -0.2) is 4.98 Å². The van der Waals surface area contributed by atoms with Gasteiger partial charge >= 0.3 is 0 Å². The van der Waals surface area contributed by atoms with Gasteiger partial charge in [-0.15, -0.1) is 0 Å². The molecular formula is C20H28N4O2. The molecule has 2 aliphatic rings. The van der Waals surface area contributed by atoms with Gasteiger partial charge in [-0.05, 0) is 43.7 Å². The van der Waals surface area contributed by atoms with Crippen LogP contribution in [0.15, 0.2) is 36.7 Å². The van der Waals surface area contributed by atoms with E-state index in [1.54, 1.807) is 7.11 Å². The standard InChI is InChI=1S/C20H28N4O2/c1-25-19-6-4-17(5-7-19)24-10-8-21-20(24)16-22-9-2-3-18(15-22)23-11-13-26-14-12-23/h4-8,10,18H,2-3,9,11-16H2,1H3/t18-/m1/s1. The van der Waals surface area contributed by atoms with Gasteiger partial charge in [0.1, 0.15) is 11.6 Å². The lowest BCUT2D eigenvalue weighted by atomic mass is 10.0. The van der Waals surface area contributed by atoms with E-state index in [1.807, 2.05) is 24.5 Å². The van der Waals surface area contributed by atoms with Crippen LogP contribution in [0.1, 0.15) is 18.7 Å². The smallest absolute Gasteiger partial charge is 0.127 e. The van der Waals surface area contributed by atoms with Crippen LogP contribution in [0.2, 0.25) is 0 Å². The van der Waals surface area contributed by atoms with Crippen molar-refractivity contribution in [1.82, 2.24) is 19.4 Å². The molecule has 1 atom stereocenters. The molecule has 140 valence electrons. The maximum Gasteiger partial charge on any atom is 0.127 e. The van der Waals surface area contributed by atoms with Gasteiger partial charge in [0.05, 0.1) is 26.9 Å². The van der Waals surface area contributed by atoms with Crippen LogP contribution in [0.4, 0.5) is 0 Å². The fourth-order valence-electron chi connectivity index (χ4n) is 4.04. The van der Waals surface area contributed by atoms with E-state index in [1.165, 1.54) is 12.8 Å². The van der Waals surface area contributed by atoms with Crippen molar-refractivity contribution >= 4 is 0 Å². The van der Waals surface area contributed by atoms with Crippen molar-refractivity contribution < 1.29 is 9.47 Å². The maximum absolute atomic E-state index is 5.51. The quantitative estimate of drug-likeness (QED) is 0.821. The molecule has 0 amide bonds. The summed E-state index contributed by atoms with van der Waals surface area (Å²) in [6.45, 7) is 7.04. The van der Waals surface area contributed by atoms with Crippen LogP contribution in [-0.4, -0.2) is 71.9 Å². The fraction of sp³-hybridized carbons (Fsp3) is 0.550. The van der Waals surface area contributed by atoms with Crippen LogP contribution < -0.4 is 4.74 Å². The number of imidazole rings is 1. The predicted octanol–water partition coefficient (Wildman–Crippen LogP) is 2.18. The topological polar surface area (TPSA) is 42.8 Å². The second-order valence-corrected chi connectivity index (χ2v) is 7.09. The number of morpholine rings is 1. The molecule has 2 aromatic rings. The summed E-state index contributed by atoms with van der Waals surface area (Å²) in [5, 5.41) is 0. The van der Waals surface area contributed by atoms with Crippen molar-refractivity contribution in [2.75, 3.05) is 46.5 Å². The molecule has 2 saturated heterocycles. The molecule has 0 N–H and O–H groups in total. The largest absolute Gasteiger partial charge is 0.497 e. The Morgan fingerprint density at radius 3 is 2.73 bits per heavy atom. The molecule has 1 aromatic heterocycles. The van der Waals surface area contributed by atoms with Gasteiger partial charge in [0.15, 0.2) is 0 Å². The maximum atomic E-state index is 5.51. The van der Waals surface area contributed by atoms with E-state index >= 15 is 0 Å². The molecule has 26 heavy (non-hydrogen) atoms. The Balaban J connectivity index is 1.43.